The van der Waals surface area contributed by atoms with E-state index in [9.17, 15) is 9.59 Å². The third-order valence-electron chi connectivity index (χ3n) is 5.67. The molecule has 2 aliphatic rings. The van der Waals surface area contributed by atoms with Gasteiger partial charge in [-0.3, -0.25) is 4.79 Å². The van der Waals surface area contributed by atoms with Crippen LogP contribution < -0.4 is 14.8 Å². The van der Waals surface area contributed by atoms with Gasteiger partial charge in [-0.25, -0.2) is 4.79 Å². The average molecular weight is 466 g/mol. The summed E-state index contributed by atoms with van der Waals surface area (Å²) in [4.78, 5) is 26.6. The van der Waals surface area contributed by atoms with Crippen molar-refractivity contribution in [3.8, 4) is 11.5 Å². The zero-order chi connectivity index (χ0) is 23.7. The molecule has 33 heavy (non-hydrogen) atoms. The van der Waals surface area contributed by atoms with Gasteiger partial charge in [0, 0.05) is 28.3 Å². The van der Waals surface area contributed by atoms with Crippen molar-refractivity contribution in [1.82, 2.24) is 5.32 Å². The van der Waals surface area contributed by atoms with Gasteiger partial charge in [-0.15, -0.1) is 0 Å². The van der Waals surface area contributed by atoms with Crippen LogP contribution in [0.1, 0.15) is 41.3 Å². The van der Waals surface area contributed by atoms with E-state index >= 15 is 0 Å². The summed E-state index contributed by atoms with van der Waals surface area (Å²) in [5.41, 5.74) is 4.14. The van der Waals surface area contributed by atoms with Gasteiger partial charge in [0.25, 0.3) is 0 Å². The van der Waals surface area contributed by atoms with E-state index in [4.69, 9.17) is 25.8 Å². The number of carbonyl (C=O) groups is 2. The van der Waals surface area contributed by atoms with Gasteiger partial charge in [-0.05, 0) is 31.5 Å². The summed E-state index contributed by atoms with van der Waals surface area (Å²) in [5, 5.41) is 3.58. The minimum Gasteiger partial charge on any atom is -0.493 e. The topological polar surface area (TPSA) is 73.9 Å². The SMILES string of the molecule is C=CCOc1c(Cl)cc([C@@H]2C(C(=O)OCC)=C(C)NC3=C2C(=O)c2ccccc23)cc1OC. The van der Waals surface area contributed by atoms with Gasteiger partial charge >= 0.3 is 5.97 Å². The number of ketones is 1. The molecule has 0 bridgehead atoms. The molecule has 1 heterocycles. The number of ether oxygens (including phenoxy) is 3. The molecular weight excluding hydrogens is 442 g/mol. The lowest BCUT2D eigenvalue weighted by atomic mass is 9.79. The molecule has 0 radical (unpaired) electrons. The van der Waals surface area contributed by atoms with Gasteiger partial charge in [0.05, 0.1) is 30.0 Å². The zero-order valence-corrected chi connectivity index (χ0v) is 19.4. The second-order valence-corrected chi connectivity index (χ2v) is 8.02. The number of methoxy groups -OCH3 is 1. The summed E-state index contributed by atoms with van der Waals surface area (Å²) in [6.45, 7) is 7.66. The minimum atomic E-state index is -0.694. The first-order chi connectivity index (χ1) is 15.9. The molecule has 4 rings (SSSR count). The molecule has 0 saturated carbocycles. The molecule has 0 fully saturated rings. The number of Topliss-reactive ketones (excluding diaryl/α,β-unsaturated/α-hetero) is 1. The summed E-state index contributed by atoms with van der Waals surface area (Å²) in [6, 6.07) is 10.8. The highest BCUT2D eigenvalue weighted by Gasteiger charge is 2.43. The molecule has 0 aromatic heterocycles. The van der Waals surface area contributed by atoms with E-state index in [0.717, 1.165) is 5.56 Å². The molecule has 6 nitrogen and oxygen atoms in total. The Morgan fingerprint density at radius 2 is 1.97 bits per heavy atom. The Balaban J connectivity index is 1.93. The first-order valence-electron chi connectivity index (χ1n) is 10.6. The predicted octanol–water partition coefficient (Wildman–Crippen LogP) is 5.04. The predicted molar refractivity (Wildman–Crippen MR) is 127 cm³/mol. The number of allylic oxidation sites excluding steroid dienone is 2. The molecular formula is C26H24ClNO5. The van der Waals surface area contributed by atoms with E-state index in [1.165, 1.54) is 7.11 Å². The van der Waals surface area contributed by atoms with Crippen LogP contribution in [0.3, 0.4) is 0 Å². The van der Waals surface area contributed by atoms with Gasteiger partial charge < -0.3 is 19.5 Å². The van der Waals surface area contributed by atoms with Crippen molar-refractivity contribution in [3.63, 3.8) is 0 Å². The number of halogens is 1. The average Bonchev–Trinajstić information content (AvgIpc) is 3.08. The van der Waals surface area contributed by atoms with Crippen molar-refractivity contribution in [2.45, 2.75) is 19.8 Å². The number of rotatable bonds is 7. The molecule has 2 aromatic carbocycles. The first kappa shape index (κ1) is 22.7. The molecule has 1 atom stereocenters. The molecule has 0 spiro atoms. The molecule has 170 valence electrons. The van der Waals surface area contributed by atoms with E-state index in [1.54, 1.807) is 38.1 Å². The van der Waals surface area contributed by atoms with Crippen LogP contribution in [0, 0.1) is 0 Å². The second-order valence-electron chi connectivity index (χ2n) is 7.61. The molecule has 7 heteroatoms. The first-order valence-corrected chi connectivity index (χ1v) is 10.9. The van der Waals surface area contributed by atoms with E-state index in [-0.39, 0.29) is 19.0 Å². The van der Waals surface area contributed by atoms with Gasteiger partial charge in [-0.2, -0.15) is 0 Å². The molecule has 1 aliphatic heterocycles. The molecule has 2 aromatic rings. The summed E-state index contributed by atoms with van der Waals surface area (Å²) in [6.07, 6.45) is 1.60. The van der Waals surface area contributed by atoms with Crippen LogP contribution in [0.4, 0.5) is 0 Å². The minimum absolute atomic E-state index is 0.144. The van der Waals surface area contributed by atoms with Gasteiger partial charge in [-0.1, -0.05) is 48.5 Å². The fourth-order valence-electron chi connectivity index (χ4n) is 4.33. The summed E-state index contributed by atoms with van der Waals surface area (Å²) < 4.78 is 16.6. The van der Waals surface area contributed by atoms with Crippen molar-refractivity contribution < 1.29 is 23.8 Å². The summed E-state index contributed by atoms with van der Waals surface area (Å²) in [7, 11) is 1.51. The van der Waals surface area contributed by atoms with Crippen molar-refractivity contribution >= 4 is 29.1 Å². The van der Waals surface area contributed by atoms with Crippen LogP contribution in [0.25, 0.3) is 5.70 Å². The summed E-state index contributed by atoms with van der Waals surface area (Å²) in [5.74, 6) is -0.575. The second kappa shape index (κ2) is 9.16. The van der Waals surface area contributed by atoms with E-state index < -0.39 is 11.9 Å². The number of nitrogens with one attached hydrogen (secondary N) is 1. The standard InChI is InChI=1S/C26H24ClNO5/c1-5-11-33-25-18(27)12-15(13-19(25)31-4)21-20(26(30)32-6-2)14(3)28-23-16-9-7-8-10-17(16)24(29)22(21)23/h5,7-10,12-13,21,28H,1,6,11H2,2-4H3/t21-/m1/s1. The van der Waals surface area contributed by atoms with E-state index in [0.29, 0.717) is 50.2 Å². The Hall–Kier alpha value is -3.51. The van der Waals surface area contributed by atoms with E-state index in [1.807, 2.05) is 18.2 Å². The van der Waals surface area contributed by atoms with Gasteiger partial charge in [0.1, 0.15) is 6.61 Å². The monoisotopic (exact) mass is 465 g/mol. The number of carbonyl (C=O) groups excluding carboxylic acids is 2. The lowest BCUT2D eigenvalue weighted by Gasteiger charge is -2.29. The van der Waals surface area contributed by atoms with Crippen LogP contribution in [0.15, 0.2) is 65.9 Å². The highest BCUT2D eigenvalue weighted by molar-refractivity contribution is 6.32. The van der Waals surface area contributed by atoms with E-state index in [2.05, 4.69) is 11.9 Å². The quantitative estimate of drug-likeness (QED) is 0.456. The number of benzene rings is 2. The summed E-state index contributed by atoms with van der Waals surface area (Å²) >= 11 is 6.57. The Labute approximate surface area is 197 Å². The van der Waals surface area contributed by atoms with Crippen LogP contribution >= 0.6 is 11.6 Å². The fraction of sp³-hybridized carbons (Fsp3) is 0.231. The zero-order valence-electron chi connectivity index (χ0n) is 18.7. The molecule has 0 saturated heterocycles. The normalized spacial score (nSPS) is 16.7. The fourth-order valence-corrected chi connectivity index (χ4v) is 4.60. The van der Waals surface area contributed by atoms with Crippen LogP contribution in [-0.4, -0.2) is 32.1 Å². The number of hydrogen-bond acceptors (Lipinski definition) is 6. The lowest BCUT2D eigenvalue weighted by molar-refractivity contribution is -0.138. The third kappa shape index (κ3) is 3.80. The lowest BCUT2D eigenvalue weighted by Crippen LogP contribution is -2.29. The molecule has 1 N–H and O–H groups in total. The Morgan fingerprint density at radius 1 is 1.24 bits per heavy atom. The van der Waals surface area contributed by atoms with Crippen molar-refractivity contribution in [2.75, 3.05) is 20.3 Å². The molecule has 0 unspecified atom stereocenters. The highest BCUT2D eigenvalue weighted by atomic mass is 35.5. The number of esters is 1. The molecule has 1 aliphatic carbocycles. The molecule has 0 amide bonds. The Kier molecular flexibility index (Phi) is 6.29. The van der Waals surface area contributed by atoms with Crippen molar-refractivity contribution in [2.24, 2.45) is 0 Å². The maximum atomic E-state index is 13.5. The number of fused-ring (bicyclic) bond motifs is 2. The van der Waals surface area contributed by atoms with Gasteiger partial charge in [0.15, 0.2) is 17.3 Å². The maximum absolute atomic E-state index is 13.5. The maximum Gasteiger partial charge on any atom is 0.336 e. The Morgan fingerprint density at radius 3 is 2.64 bits per heavy atom. The van der Waals surface area contributed by atoms with Crippen LogP contribution in [0.2, 0.25) is 5.02 Å². The largest absolute Gasteiger partial charge is 0.493 e. The van der Waals surface area contributed by atoms with Crippen LogP contribution in [0.5, 0.6) is 11.5 Å². The smallest absolute Gasteiger partial charge is 0.336 e. The van der Waals surface area contributed by atoms with Crippen molar-refractivity contribution in [3.05, 3.63) is 87.6 Å². The van der Waals surface area contributed by atoms with Gasteiger partial charge in [0.2, 0.25) is 0 Å². The van der Waals surface area contributed by atoms with Crippen LogP contribution in [-0.2, 0) is 9.53 Å². The third-order valence-corrected chi connectivity index (χ3v) is 5.96. The number of hydrogen-bond donors (Lipinski definition) is 1. The number of dihydropyridines is 1. The van der Waals surface area contributed by atoms with Crippen molar-refractivity contribution in [1.29, 1.82) is 0 Å². The highest BCUT2D eigenvalue weighted by Crippen LogP contribution is 2.49. The Bertz CT molecular complexity index is 1230.